The van der Waals surface area contributed by atoms with Gasteiger partial charge in [0.05, 0.1) is 11.8 Å². The Labute approximate surface area is 162 Å². The molecule has 2 aliphatic rings. The lowest BCUT2D eigenvalue weighted by molar-refractivity contribution is -0.126. The van der Waals surface area contributed by atoms with Gasteiger partial charge in [-0.1, -0.05) is 27.2 Å². The van der Waals surface area contributed by atoms with E-state index in [1.807, 2.05) is 19.9 Å². The molecule has 6 nitrogen and oxygen atoms in total. The molecule has 1 aromatic heterocycles. The fourth-order valence-electron chi connectivity index (χ4n) is 4.46. The number of piperidine rings is 1. The smallest absolute Gasteiger partial charge is 0.238 e. The molecule has 2 atom stereocenters. The molecule has 27 heavy (non-hydrogen) atoms. The van der Waals surface area contributed by atoms with Crippen LogP contribution in [0, 0.1) is 12.3 Å². The molecule has 2 unspecified atom stereocenters. The zero-order chi connectivity index (χ0) is 19.8. The molecule has 0 bridgehead atoms. The Hall–Kier alpha value is -1.34. The quantitative estimate of drug-likeness (QED) is 0.828. The van der Waals surface area contributed by atoms with Crippen molar-refractivity contribution in [3.8, 4) is 0 Å². The molecule has 0 saturated carbocycles. The number of nitrogens with zero attached hydrogens (tertiary/aromatic N) is 1. The molecule has 1 amide bonds. The molecule has 1 aliphatic carbocycles. The predicted molar refractivity (Wildman–Crippen MR) is 105 cm³/mol. The number of nitrogens with one attached hydrogen (secondary N) is 1. The van der Waals surface area contributed by atoms with E-state index in [-0.39, 0.29) is 23.1 Å². The highest BCUT2D eigenvalue weighted by Crippen LogP contribution is 2.42. The van der Waals surface area contributed by atoms with Gasteiger partial charge in [0.25, 0.3) is 0 Å². The number of fused-ring (bicyclic) bond motifs is 1. The molecule has 152 valence electrons. The second-order valence-electron chi connectivity index (χ2n) is 8.78. The first-order chi connectivity index (χ1) is 12.6. The topological polar surface area (TPSA) is 79.6 Å². The maximum atomic E-state index is 13.1. The van der Waals surface area contributed by atoms with E-state index in [2.05, 4.69) is 19.2 Å². The summed E-state index contributed by atoms with van der Waals surface area (Å²) < 4.78 is 32.5. The Balaban J connectivity index is 1.81. The summed E-state index contributed by atoms with van der Waals surface area (Å²) in [5.41, 5.74) is 1.06. The van der Waals surface area contributed by atoms with E-state index >= 15 is 0 Å². The van der Waals surface area contributed by atoms with Gasteiger partial charge >= 0.3 is 0 Å². The number of hydrogen-bond donors (Lipinski definition) is 1. The molecule has 1 N–H and O–H groups in total. The number of hydrogen-bond acceptors (Lipinski definition) is 4. The van der Waals surface area contributed by atoms with E-state index in [0.29, 0.717) is 19.4 Å². The van der Waals surface area contributed by atoms with Crippen molar-refractivity contribution in [2.45, 2.75) is 78.3 Å². The van der Waals surface area contributed by atoms with Gasteiger partial charge in [-0.05, 0) is 44.1 Å². The summed E-state index contributed by atoms with van der Waals surface area (Å²) in [6.45, 7) is 8.55. The minimum atomic E-state index is -3.39. The van der Waals surface area contributed by atoms with Crippen molar-refractivity contribution in [1.82, 2.24) is 9.62 Å². The normalized spacial score (nSPS) is 25.8. The van der Waals surface area contributed by atoms with Crippen LogP contribution in [-0.2, 0) is 21.2 Å². The van der Waals surface area contributed by atoms with E-state index in [0.717, 1.165) is 42.8 Å². The highest BCUT2D eigenvalue weighted by atomic mass is 32.2. The minimum absolute atomic E-state index is 0.0236. The molecular weight excluding hydrogens is 364 g/mol. The molecule has 7 heteroatoms. The fraction of sp³-hybridized carbons (Fsp3) is 0.750. The Bertz CT molecular complexity index is 797. The van der Waals surface area contributed by atoms with Crippen molar-refractivity contribution in [1.29, 1.82) is 0 Å². The molecule has 1 aliphatic heterocycles. The monoisotopic (exact) mass is 396 g/mol. The summed E-state index contributed by atoms with van der Waals surface area (Å²) in [6.07, 6.45) is 4.50. The number of rotatable bonds is 5. The van der Waals surface area contributed by atoms with Crippen molar-refractivity contribution in [3.05, 3.63) is 23.2 Å². The zero-order valence-corrected chi connectivity index (χ0v) is 17.7. The molecule has 0 radical (unpaired) electrons. The summed E-state index contributed by atoms with van der Waals surface area (Å²) >= 11 is 0. The maximum absolute atomic E-state index is 13.1. The van der Waals surface area contributed by atoms with Crippen LogP contribution in [0.4, 0.5) is 0 Å². The van der Waals surface area contributed by atoms with Gasteiger partial charge in [0.15, 0.2) is 0 Å². The van der Waals surface area contributed by atoms with E-state index in [1.165, 1.54) is 4.31 Å². The minimum Gasteiger partial charge on any atom is -0.466 e. The van der Waals surface area contributed by atoms with Crippen LogP contribution in [0.2, 0.25) is 0 Å². The van der Waals surface area contributed by atoms with Gasteiger partial charge in [0.2, 0.25) is 15.9 Å². The maximum Gasteiger partial charge on any atom is 0.238 e. The number of aryl methyl sites for hydroxylation is 1. The van der Waals surface area contributed by atoms with E-state index < -0.39 is 16.1 Å². The number of amides is 1. The largest absolute Gasteiger partial charge is 0.466 e. The molecule has 1 saturated heterocycles. The van der Waals surface area contributed by atoms with Crippen LogP contribution in [0.5, 0.6) is 0 Å². The predicted octanol–water partition coefficient (Wildman–Crippen LogP) is 3.31. The molecule has 0 aromatic carbocycles. The molecule has 0 spiro atoms. The molecule has 1 fully saturated rings. The Kier molecular flexibility index (Phi) is 5.73. The number of carbonyl (C=O) groups is 1. The lowest BCUT2D eigenvalue weighted by atomic mass is 9.74. The van der Waals surface area contributed by atoms with Crippen LogP contribution in [0.25, 0.3) is 0 Å². The number of carbonyl (C=O) groups excluding carboxylic acids is 1. The third kappa shape index (κ3) is 4.40. The van der Waals surface area contributed by atoms with Crippen LogP contribution >= 0.6 is 0 Å². The van der Waals surface area contributed by atoms with Gasteiger partial charge in [-0.3, -0.25) is 4.79 Å². The standard InChI is InChI=1S/C20H32N2O4S/c1-5-10-27(24,25)22-9-7-6-8-17(22)19(23)21-16-12-20(3,4)13-18-15(16)11-14(2)26-18/h11,16-17H,5-10,12-13H2,1-4H3,(H,21,23). The second-order valence-corrected chi connectivity index (χ2v) is 10.8. The summed E-state index contributed by atoms with van der Waals surface area (Å²) in [5, 5.41) is 3.15. The first-order valence-electron chi connectivity index (χ1n) is 10.0. The Morgan fingerprint density at radius 2 is 2.11 bits per heavy atom. The lowest BCUT2D eigenvalue weighted by Gasteiger charge is -2.38. The van der Waals surface area contributed by atoms with Crippen LogP contribution in [0.3, 0.4) is 0 Å². The second kappa shape index (κ2) is 7.59. The van der Waals surface area contributed by atoms with E-state index in [1.54, 1.807) is 0 Å². The lowest BCUT2D eigenvalue weighted by Crippen LogP contribution is -2.53. The third-order valence-electron chi connectivity index (χ3n) is 5.63. The van der Waals surface area contributed by atoms with Crippen molar-refractivity contribution < 1.29 is 17.6 Å². The van der Waals surface area contributed by atoms with E-state index in [4.69, 9.17) is 4.42 Å². The third-order valence-corrected chi connectivity index (χ3v) is 7.70. The highest BCUT2D eigenvalue weighted by molar-refractivity contribution is 7.89. The first kappa shape index (κ1) is 20.4. The van der Waals surface area contributed by atoms with Gasteiger partial charge in [0, 0.05) is 18.5 Å². The Morgan fingerprint density at radius 3 is 2.81 bits per heavy atom. The van der Waals surface area contributed by atoms with Crippen LogP contribution < -0.4 is 5.32 Å². The average Bonchev–Trinajstić information content (AvgIpc) is 2.93. The van der Waals surface area contributed by atoms with Gasteiger partial charge in [-0.2, -0.15) is 4.31 Å². The Morgan fingerprint density at radius 1 is 1.37 bits per heavy atom. The summed E-state index contributed by atoms with van der Waals surface area (Å²) in [6, 6.07) is 1.27. The zero-order valence-electron chi connectivity index (χ0n) is 16.9. The summed E-state index contributed by atoms with van der Waals surface area (Å²) in [5.74, 6) is 1.70. The van der Waals surface area contributed by atoms with Crippen molar-refractivity contribution in [3.63, 3.8) is 0 Å². The molecule has 1 aromatic rings. The van der Waals surface area contributed by atoms with Crippen LogP contribution in [-0.4, -0.2) is 37.0 Å². The number of furan rings is 1. The summed E-state index contributed by atoms with van der Waals surface area (Å²) in [4.78, 5) is 13.1. The van der Waals surface area contributed by atoms with Crippen molar-refractivity contribution >= 4 is 15.9 Å². The van der Waals surface area contributed by atoms with Gasteiger partial charge in [-0.15, -0.1) is 0 Å². The highest BCUT2D eigenvalue weighted by Gasteiger charge is 2.40. The van der Waals surface area contributed by atoms with Gasteiger partial charge < -0.3 is 9.73 Å². The van der Waals surface area contributed by atoms with Crippen LogP contribution in [0.15, 0.2) is 10.5 Å². The fourth-order valence-corrected chi connectivity index (χ4v) is 6.20. The number of sulfonamides is 1. The first-order valence-corrected chi connectivity index (χ1v) is 11.6. The molecular formula is C20H32N2O4S. The summed E-state index contributed by atoms with van der Waals surface area (Å²) in [7, 11) is -3.39. The average molecular weight is 397 g/mol. The molecule has 2 heterocycles. The van der Waals surface area contributed by atoms with Gasteiger partial charge in [-0.25, -0.2) is 8.42 Å². The van der Waals surface area contributed by atoms with Crippen molar-refractivity contribution in [2.24, 2.45) is 5.41 Å². The molecule has 3 rings (SSSR count). The van der Waals surface area contributed by atoms with Crippen LogP contribution in [0.1, 0.15) is 76.0 Å². The SMILES string of the molecule is CCCS(=O)(=O)N1CCCCC1C(=O)NC1CC(C)(C)Cc2oc(C)cc21. The van der Waals surface area contributed by atoms with Crippen molar-refractivity contribution in [2.75, 3.05) is 12.3 Å². The van der Waals surface area contributed by atoms with Gasteiger partial charge in [0.1, 0.15) is 17.6 Å². The van der Waals surface area contributed by atoms with E-state index in [9.17, 15) is 13.2 Å².